The molecule has 0 fully saturated rings. The maximum absolute atomic E-state index is 12.3. The zero-order chi connectivity index (χ0) is 13.8. The van der Waals surface area contributed by atoms with Crippen molar-refractivity contribution in [2.24, 2.45) is 0 Å². The second-order valence-corrected chi connectivity index (χ2v) is 5.11. The fourth-order valence-corrected chi connectivity index (χ4v) is 2.42. The van der Waals surface area contributed by atoms with E-state index in [0.29, 0.717) is 0 Å². The molecular weight excluding hydrogens is 302 g/mol. The van der Waals surface area contributed by atoms with Gasteiger partial charge in [0.25, 0.3) is 5.91 Å². The van der Waals surface area contributed by atoms with E-state index in [1.165, 1.54) is 5.56 Å². The summed E-state index contributed by atoms with van der Waals surface area (Å²) in [5, 5.41) is 3.75. The van der Waals surface area contributed by atoms with Crippen molar-refractivity contribution in [3.63, 3.8) is 0 Å². The lowest BCUT2D eigenvalue weighted by molar-refractivity contribution is 0.102. The number of alkyl halides is 1. The lowest BCUT2D eigenvalue weighted by atomic mass is 10.0. The van der Waals surface area contributed by atoms with E-state index in [9.17, 15) is 4.79 Å². The number of amides is 1. The Morgan fingerprint density at radius 2 is 1.63 bits per heavy atom. The van der Waals surface area contributed by atoms with Crippen LogP contribution < -0.4 is 5.32 Å². The summed E-state index contributed by atoms with van der Waals surface area (Å²) in [5.74, 6) is -0.0535. The van der Waals surface area contributed by atoms with Crippen LogP contribution in [0.4, 0.5) is 5.69 Å². The first-order valence-corrected chi connectivity index (χ1v) is 7.26. The molecule has 0 aliphatic carbocycles. The highest BCUT2D eigenvalue weighted by Crippen LogP contribution is 2.17. The third-order valence-corrected chi connectivity index (χ3v) is 3.72. The summed E-state index contributed by atoms with van der Waals surface area (Å²) in [6.45, 7) is 3.91. The summed E-state index contributed by atoms with van der Waals surface area (Å²) < 4.78 is 0. The molecule has 2 aromatic carbocycles. The average Bonchev–Trinajstić information content (AvgIpc) is 2.39. The number of carbonyl (C=O) groups excluding carboxylic acids is 1. The highest BCUT2D eigenvalue weighted by atomic mass is 79.9. The van der Waals surface area contributed by atoms with Gasteiger partial charge in [0.1, 0.15) is 0 Å². The highest BCUT2D eigenvalue weighted by Gasteiger charge is 2.11. The Hall–Kier alpha value is -1.61. The van der Waals surface area contributed by atoms with Crippen LogP contribution in [0.25, 0.3) is 0 Å². The van der Waals surface area contributed by atoms with Gasteiger partial charge < -0.3 is 5.32 Å². The Labute approximate surface area is 122 Å². The Bertz CT molecular complexity index is 570. The van der Waals surface area contributed by atoms with Crippen molar-refractivity contribution in [1.82, 2.24) is 0 Å². The van der Waals surface area contributed by atoms with Gasteiger partial charge in [0.05, 0.1) is 0 Å². The van der Waals surface area contributed by atoms with E-state index in [0.717, 1.165) is 27.7 Å². The first kappa shape index (κ1) is 13.8. The van der Waals surface area contributed by atoms with Gasteiger partial charge in [-0.1, -0.05) is 46.3 Å². The number of carbonyl (C=O) groups is 1. The van der Waals surface area contributed by atoms with Gasteiger partial charge in [0.15, 0.2) is 0 Å². The van der Waals surface area contributed by atoms with Crippen LogP contribution in [-0.4, -0.2) is 5.91 Å². The standard InChI is InChI=1S/C16H16BrNO/c1-11-4-3-5-12(2)15(11)16(19)18-14-8-6-13(10-17)7-9-14/h3-9H,10H2,1-2H3,(H,18,19). The fraction of sp³-hybridized carbons (Fsp3) is 0.188. The lowest BCUT2D eigenvalue weighted by Crippen LogP contribution is -2.14. The highest BCUT2D eigenvalue weighted by molar-refractivity contribution is 9.08. The molecule has 0 spiro atoms. The molecule has 2 aromatic rings. The first-order chi connectivity index (χ1) is 9.11. The third-order valence-electron chi connectivity index (χ3n) is 3.07. The van der Waals surface area contributed by atoms with E-state index in [1.807, 2.05) is 56.3 Å². The molecule has 19 heavy (non-hydrogen) atoms. The van der Waals surface area contributed by atoms with Gasteiger partial charge in [-0.2, -0.15) is 0 Å². The summed E-state index contributed by atoms with van der Waals surface area (Å²) >= 11 is 3.40. The minimum atomic E-state index is -0.0535. The number of rotatable bonds is 3. The van der Waals surface area contributed by atoms with Crippen LogP contribution in [-0.2, 0) is 5.33 Å². The molecule has 98 valence electrons. The van der Waals surface area contributed by atoms with Crippen LogP contribution in [0.15, 0.2) is 42.5 Å². The zero-order valence-electron chi connectivity index (χ0n) is 11.0. The Balaban J connectivity index is 2.21. The summed E-state index contributed by atoms with van der Waals surface area (Å²) in [5.41, 5.74) is 4.75. The fourth-order valence-electron chi connectivity index (χ4n) is 2.04. The van der Waals surface area contributed by atoms with E-state index in [-0.39, 0.29) is 5.91 Å². The molecule has 0 aromatic heterocycles. The molecular formula is C16H16BrNO. The molecule has 0 heterocycles. The SMILES string of the molecule is Cc1cccc(C)c1C(=O)Nc1ccc(CBr)cc1. The molecule has 1 amide bonds. The summed E-state index contributed by atoms with van der Waals surface area (Å²) in [7, 11) is 0. The topological polar surface area (TPSA) is 29.1 Å². The van der Waals surface area contributed by atoms with Crippen LogP contribution in [0, 0.1) is 13.8 Å². The smallest absolute Gasteiger partial charge is 0.256 e. The van der Waals surface area contributed by atoms with E-state index in [1.54, 1.807) is 0 Å². The van der Waals surface area contributed by atoms with Crippen LogP contribution >= 0.6 is 15.9 Å². The summed E-state index contributed by atoms with van der Waals surface area (Å²) in [6.07, 6.45) is 0. The normalized spacial score (nSPS) is 10.3. The molecule has 0 aliphatic rings. The monoisotopic (exact) mass is 317 g/mol. The molecule has 2 nitrogen and oxygen atoms in total. The molecule has 2 rings (SSSR count). The number of anilines is 1. The van der Waals surface area contributed by atoms with Crippen molar-refractivity contribution in [3.05, 3.63) is 64.7 Å². The Kier molecular flexibility index (Phi) is 4.38. The molecule has 0 bridgehead atoms. The molecule has 0 atom stereocenters. The minimum Gasteiger partial charge on any atom is -0.322 e. The molecule has 1 N–H and O–H groups in total. The minimum absolute atomic E-state index is 0.0535. The van der Waals surface area contributed by atoms with Crippen LogP contribution in [0.3, 0.4) is 0 Å². The van der Waals surface area contributed by atoms with Crippen LogP contribution in [0.1, 0.15) is 27.0 Å². The second kappa shape index (κ2) is 6.02. The number of benzene rings is 2. The van der Waals surface area contributed by atoms with Gasteiger partial charge in [-0.05, 0) is 42.7 Å². The maximum Gasteiger partial charge on any atom is 0.256 e. The van der Waals surface area contributed by atoms with Crippen molar-refractivity contribution in [2.75, 3.05) is 5.32 Å². The van der Waals surface area contributed by atoms with E-state index in [2.05, 4.69) is 21.2 Å². The quantitative estimate of drug-likeness (QED) is 0.832. The van der Waals surface area contributed by atoms with Gasteiger partial charge in [-0.25, -0.2) is 0 Å². The Morgan fingerprint density at radius 3 is 2.16 bits per heavy atom. The first-order valence-electron chi connectivity index (χ1n) is 6.14. The van der Waals surface area contributed by atoms with Gasteiger partial charge in [0.2, 0.25) is 0 Å². The maximum atomic E-state index is 12.3. The predicted octanol–water partition coefficient (Wildman–Crippen LogP) is 4.45. The molecule has 0 saturated carbocycles. The van der Waals surface area contributed by atoms with Crippen molar-refractivity contribution in [3.8, 4) is 0 Å². The van der Waals surface area contributed by atoms with Crippen LogP contribution in [0.2, 0.25) is 0 Å². The van der Waals surface area contributed by atoms with Gasteiger partial charge in [0, 0.05) is 16.6 Å². The number of hydrogen-bond acceptors (Lipinski definition) is 1. The van der Waals surface area contributed by atoms with E-state index < -0.39 is 0 Å². The number of aryl methyl sites for hydroxylation is 2. The largest absolute Gasteiger partial charge is 0.322 e. The second-order valence-electron chi connectivity index (χ2n) is 4.55. The number of halogens is 1. The molecule has 0 saturated heterocycles. The lowest BCUT2D eigenvalue weighted by Gasteiger charge is -2.10. The van der Waals surface area contributed by atoms with E-state index in [4.69, 9.17) is 0 Å². The molecule has 0 aliphatic heterocycles. The van der Waals surface area contributed by atoms with Crippen LogP contribution in [0.5, 0.6) is 0 Å². The van der Waals surface area contributed by atoms with E-state index >= 15 is 0 Å². The Morgan fingerprint density at radius 1 is 1.05 bits per heavy atom. The van der Waals surface area contributed by atoms with Crippen molar-refractivity contribution >= 4 is 27.5 Å². The zero-order valence-corrected chi connectivity index (χ0v) is 12.6. The van der Waals surface area contributed by atoms with Gasteiger partial charge in [-0.3, -0.25) is 4.79 Å². The van der Waals surface area contributed by atoms with Crippen molar-refractivity contribution in [1.29, 1.82) is 0 Å². The van der Waals surface area contributed by atoms with Gasteiger partial charge >= 0.3 is 0 Å². The number of nitrogens with one attached hydrogen (secondary N) is 1. The molecule has 0 unspecified atom stereocenters. The van der Waals surface area contributed by atoms with Gasteiger partial charge in [-0.15, -0.1) is 0 Å². The molecule has 3 heteroatoms. The summed E-state index contributed by atoms with van der Waals surface area (Å²) in [6, 6.07) is 13.7. The summed E-state index contributed by atoms with van der Waals surface area (Å²) in [4.78, 5) is 12.3. The average molecular weight is 318 g/mol. The van der Waals surface area contributed by atoms with Crippen molar-refractivity contribution in [2.45, 2.75) is 19.2 Å². The third kappa shape index (κ3) is 3.24. The van der Waals surface area contributed by atoms with Crippen molar-refractivity contribution < 1.29 is 4.79 Å². The number of hydrogen-bond donors (Lipinski definition) is 1. The predicted molar refractivity (Wildman–Crippen MR) is 82.9 cm³/mol. The molecule has 0 radical (unpaired) electrons.